The third-order valence-electron chi connectivity index (χ3n) is 3.22. The SMILES string of the molecule is Cc1cc(=O)c(C(=O)NC2(C)CCS(=O)(=O)C2)c[nH]1. The van der Waals surface area contributed by atoms with Crippen molar-refractivity contribution in [1.29, 1.82) is 0 Å². The zero-order chi connectivity index (χ0) is 14.3. The van der Waals surface area contributed by atoms with E-state index in [1.54, 1.807) is 13.8 Å². The number of aryl methyl sites for hydroxylation is 1. The number of hydrogen-bond donors (Lipinski definition) is 2. The van der Waals surface area contributed by atoms with Gasteiger partial charge < -0.3 is 10.3 Å². The molecule has 0 bridgehead atoms. The van der Waals surface area contributed by atoms with Crippen LogP contribution < -0.4 is 10.7 Å². The minimum absolute atomic E-state index is 0.00359. The molecule has 1 aliphatic rings. The van der Waals surface area contributed by atoms with Gasteiger partial charge in [-0.15, -0.1) is 0 Å². The Balaban J connectivity index is 2.20. The first-order valence-electron chi connectivity index (χ1n) is 5.93. The van der Waals surface area contributed by atoms with Gasteiger partial charge in [-0.25, -0.2) is 8.42 Å². The number of H-pyrrole nitrogens is 1. The van der Waals surface area contributed by atoms with Crippen LogP contribution in [0.25, 0.3) is 0 Å². The summed E-state index contributed by atoms with van der Waals surface area (Å²) in [6.07, 6.45) is 1.71. The van der Waals surface area contributed by atoms with E-state index >= 15 is 0 Å². The van der Waals surface area contributed by atoms with Crippen molar-refractivity contribution in [3.8, 4) is 0 Å². The van der Waals surface area contributed by atoms with Crippen molar-refractivity contribution in [2.45, 2.75) is 25.8 Å². The highest BCUT2D eigenvalue weighted by atomic mass is 32.2. The van der Waals surface area contributed by atoms with E-state index in [0.717, 1.165) is 0 Å². The topological polar surface area (TPSA) is 96.1 Å². The standard InChI is InChI=1S/C12H16N2O4S/c1-8-5-10(15)9(6-13-8)11(16)14-12(2)3-4-19(17,18)7-12/h5-6H,3-4,7H2,1-2H3,(H,13,15)(H,14,16). The fraction of sp³-hybridized carbons (Fsp3) is 0.500. The molecule has 2 N–H and O–H groups in total. The van der Waals surface area contributed by atoms with Crippen LogP contribution in [0.15, 0.2) is 17.1 Å². The summed E-state index contributed by atoms with van der Waals surface area (Å²) in [5, 5.41) is 2.65. The van der Waals surface area contributed by atoms with Crippen molar-refractivity contribution in [3.63, 3.8) is 0 Å². The summed E-state index contributed by atoms with van der Waals surface area (Å²) < 4.78 is 22.9. The first-order valence-corrected chi connectivity index (χ1v) is 7.75. The predicted octanol–water partition coefficient (Wildman–Crippen LogP) is -0.00968. The predicted molar refractivity (Wildman–Crippen MR) is 70.9 cm³/mol. The summed E-state index contributed by atoms with van der Waals surface area (Å²) >= 11 is 0. The molecule has 1 unspecified atom stereocenters. The van der Waals surface area contributed by atoms with Crippen molar-refractivity contribution in [3.05, 3.63) is 33.7 Å². The smallest absolute Gasteiger partial charge is 0.257 e. The van der Waals surface area contributed by atoms with E-state index < -0.39 is 21.3 Å². The normalized spacial score (nSPS) is 25.2. The van der Waals surface area contributed by atoms with Gasteiger partial charge in [0.25, 0.3) is 5.91 Å². The van der Waals surface area contributed by atoms with Crippen LogP contribution in [0.3, 0.4) is 0 Å². The number of aromatic nitrogens is 1. The zero-order valence-corrected chi connectivity index (χ0v) is 11.6. The molecule has 0 aliphatic carbocycles. The van der Waals surface area contributed by atoms with Crippen LogP contribution in [-0.4, -0.2) is 36.4 Å². The minimum Gasteiger partial charge on any atom is -0.364 e. The average Bonchev–Trinajstić information content (AvgIpc) is 2.52. The van der Waals surface area contributed by atoms with Crippen LogP contribution in [0.1, 0.15) is 29.4 Å². The van der Waals surface area contributed by atoms with Crippen LogP contribution in [-0.2, 0) is 9.84 Å². The van der Waals surface area contributed by atoms with E-state index in [-0.39, 0.29) is 22.5 Å². The molecule has 1 amide bonds. The highest BCUT2D eigenvalue weighted by Gasteiger charge is 2.39. The van der Waals surface area contributed by atoms with E-state index in [9.17, 15) is 18.0 Å². The van der Waals surface area contributed by atoms with Gasteiger partial charge in [0.1, 0.15) is 5.56 Å². The Bertz CT molecular complexity index is 677. The van der Waals surface area contributed by atoms with Crippen LogP contribution in [0.5, 0.6) is 0 Å². The van der Waals surface area contributed by atoms with Crippen molar-refractivity contribution in [2.24, 2.45) is 0 Å². The Labute approximate surface area is 111 Å². The van der Waals surface area contributed by atoms with Crippen LogP contribution >= 0.6 is 0 Å². The summed E-state index contributed by atoms with van der Waals surface area (Å²) in [6, 6.07) is 1.34. The molecule has 2 heterocycles. The molecule has 0 radical (unpaired) electrons. The Morgan fingerprint density at radius 2 is 2.16 bits per heavy atom. The fourth-order valence-corrected chi connectivity index (χ4v) is 4.29. The Morgan fingerprint density at radius 3 is 2.68 bits per heavy atom. The number of carbonyl (C=O) groups excluding carboxylic acids is 1. The van der Waals surface area contributed by atoms with Gasteiger partial charge in [0.15, 0.2) is 15.3 Å². The van der Waals surface area contributed by atoms with Gasteiger partial charge in [0.2, 0.25) is 0 Å². The number of carbonyl (C=O) groups is 1. The summed E-state index contributed by atoms with van der Waals surface area (Å²) in [5.41, 5.74) is -0.515. The van der Waals surface area contributed by atoms with E-state index in [1.807, 2.05) is 0 Å². The summed E-state index contributed by atoms with van der Waals surface area (Å²) in [4.78, 5) is 26.5. The molecule has 1 aromatic heterocycles. The number of sulfone groups is 1. The molecule has 1 atom stereocenters. The van der Waals surface area contributed by atoms with Crippen LogP contribution in [0, 0.1) is 6.92 Å². The van der Waals surface area contributed by atoms with E-state index in [4.69, 9.17) is 0 Å². The minimum atomic E-state index is -3.10. The van der Waals surface area contributed by atoms with E-state index in [1.165, 1.54) is 12.3 Å². The van der Waals surface area contributed by atoms with Crippen molar-refractivity contribution >= 4 is 15.7 Å². The first-order chi connectivity index (χ1) is 8.71. The maximum atomic E-state index is 12.0. The Morgan fingerprint density at radius 1 is 1.47 bits per heavy atom. The average molecular weight is 284 g/mol. The third kappa shape index (κ3) is 3.04. The van der Waals surface area contributed by atoms with Crippen LogP contribution in [0.2, 0.25) is 0 Å². The molecule has 7 heteroatoms. The molecular formula is C12H16N2O4S. The molecule has 0 saturated carbocycles. The van der Waals surface area contributed by atoms with Gasteiger partial charge >= 0.3 is 0 Å². The van der Waals surface area contributed by atoms with Gasteiger partial charge in [0.05, 0.1) is 17.0 Å². The second-order valence-electron chi connectivity index (χ2n) is 5.25. The highest BCUT2D eigenvalue weighted by molar-refractivity contribution is 7.91. The zero-order valence-electron chi connectivity index (χ0n) is 10.8. The molecule has 19 heavy (non-hydrogen) atoms. The lowest BCUT2D eigenvalue weighted by molar-refractivity contribution is 0.0914. The molecule has 1 fully saturated rings. The largest absolute Gasteiger partial charge is 0.364 e. The number of pyridine rings is 1. The number of aromatic amines is 1. The molecule has 104 valence electrons. The number of nitrogens with one attached hydrogen (secondary N) is 2. The maximum Gasteiger partial charge on any atom is 0.257 e. The molecule has 1 aliphatic heterocycles. The molecule has 1 aromatic rings. The maximum absolute atomic E-state index is 12.0. The molecule has 0 aromatic carbocycles. The van der Waals surface area contributed by atoms with Crippen molar-refractivity contribution < 1.29 is 13.2 Å². The summed E-state index contributed by atoms with van der Waals surface area (Å²) in [6.45, 7) is 3.39. The van der Waals surface area contributed by atoms with Gasteiger partial charge in [-0.3, -0.25) is 9.59 Å². The molecule has 6 nitrogen and oxygen atoms in total. The Hall–Kier alpha value is -1.63. The molecule has 1 saturated heterocycles. The molecular weight excluding hydrogens is 268 g/mol. The van der Waals surface area contributed by atoms with Crippen molar-refractivity contribution in [2.75, 3.05) is 11.5 Å². The molecule has 2 rings (SSSR count). The van der Waals surface area contributed by atoms with E-state index in [2.05, 4.69) is 10.3 Å². The number of amides is 1. The lowest BCUT2D eigenvalue weighted by Gasteiger charge is -2.23. The van der Waals surface area contributed by atoms with Crippen LogP contribution in [0.4, 0.5) is 0 Å². The quantitative estimate of drug-likeness (QED) is 0.798. The second kappa shape index (κ2) is 4.48. The summed E-state index contributed by atoms with van der Waals surface area (Å²) in [7, 11) is -3.10. The number of rotatable bonds is 2. The van der Waals surface area contributed by atoms with Gasteiger partial charge in [-0.05, 0) is 20.3 Å². The van der Waals surface area contributed by atoms with Gasteiger partial charge in [0, 0.05) is 18.0 Å². The fourth-order valence-electron chi connectivity index (χ4n) is 2.20. The van der Waals surface area contributed by atoms with Crippen molar-refractivity contribution in [1.82, 2.24) is 10.3 Å². The van der Waals surface area contributed by atoms with Gasteiger partial charge in [-0.2, -0.15) is 0 Å². The lowest BCUT2D eigenvalue weighted by atomic mass is 10.0. The number of hydrogen-bond acceptors (Lipinski definition) is 4. The Kier molecular flexibility index (Phi) is 3.25. The van der Waals surface area contributed by atoms with Gasteiger partial charge in [-0.1, -0.05) is 0 Å². The lowest BCUT2D eigenvalue weighted by Crippen LogP contribution is -2.48. The first kappa shape index (κ1) is 13.8. The third-order valence-corrected chi connectivity index (χ3v) is 5.12. The van der Waals surface area contributed by atoms with E-state index in [0.29, 0.717) is 12.1 Å². The monoisotopic (exact) mass is 284 g/mol. The highest BCUT2D eigenvalue weighted by Crippen LogP contribution is 2.22. The summed E-state index contributed by atoms with van der Waals surface area (Å²) in [5.74, 6) is -0.565. The molecule has 0 spiro atoms. The second-order valence-corrected chi connectivity index (χ2v) is 7.43.